The Kier molecular flexibility index (Phi) is 4.26. The molecule has 126 valence electrons. The third-order valence-electron chi connectivity index (χ3n) is 4.38. The van der Waals surface area contributed by atoms with Gasteiger partial charge >= 0.3 is 0 Å². The Labute approximate surface area is 150 Å². The van der Waals surface area contributed by atoms with Crippen molar-refractivity contribution in [3.8, 4) is 17.3 Å². The van der Waals surface area contributed by atoms with Crippen LogP contribution in [0.5, 0.6) is 0 Å². The summed E-state index contributed by atoms with van der Waals surface area (Å²) < 4.78 is 1.86. The maximum absolute atomic E-state index is 9.37. The lowest BCUT2D eigenvalue weighted by atomic mass is 10.1. The molecule has 1 aromatic carbocycles. The van der Waals surface area contributed by atoms with Crippen LogP contribution in [0.4, 0.5) is 5.95 Å². The van der Waals surface area contributed by atoms with Gasteiger partial charge in [0, 0.05) is 29.4 Å². The number of anilines is 1. The molecule has 2 N–H and O–H groups in total. The van der Waals surface area contributed by atoms with Gasteiger partial charge in [-0.15, -0.1) is 0 Å². The van der Waals surface area contributed by atoms with Crippen molar-refractivity contribution in [3.05, 3.63) is 47.2 Å². The zero-order valence-electron chi connectivity index (χ0n) is 13.5. The largest absolute Gasteiger partial charge is 0.351 e. The van der Waals surface area contributed by atoms with Gasteiger partial charge in [-0.05, 0) is 31.5 Å². The number of rotatable bonds is 3. The number of benzene rings is 1. The topological polar surface area (TPSA) is 78.0 Å². The first-order valence-electron chi connectivity index (χ1n) is 8.26. The average molecular weight is 353 g/mol. The number of aromatic nitrogens is 3. The van der Waals surface area contributed by atoms with Gasteiger partial charge in [-0.3, -0.25) is 4.40 Å². The predicted octanol–water partition coefficient (Wildman–Crippen LogP) is 3.09. The molecule has 3 heterocycles. The summed E-state index contributed by atoms with van der Waals surface area (Å²) in [6.07, 6.45) is 5.71. The van der Waals surface area contributed by atoms with Crippen LogP contribution in [0.25, 0.3) is 16.9 Å². The van der Waals surface area contributed by atoms with Crippen molar-refractivity contribution in [2.45, 2.75) is 18.9 Å². The number of fused-ring (bicyclic) bond motifs is 1. The first-order valence-corrected chi connectivity index (χ1v) is 8.64. The molecule has 25 heavy (non-hydrogen) atoms. The highest BCUT2D eigenvalue weighted by atomic mass is 35.5. The van der Waals surface area contributed by atoms with Gasteiger partial charge in [0.2, 0.25) is 5.95 Å². The fourth-order valence-corrected chi connectivity index (χ4v) is 3.21. The summed E-state index contributed by atoms with van der Waals surface area (Å²) in [5.41, 5.74) is 2.79. The highest BCUT2D eigenvalue weighted by molar-refractivity contribution is 6.30. The molecule has 1 aliphatic heterocycles. The van der Waals surface area contributed by atoms with Crippen molar-refractivity contribution < 1.29 is 0 Å². The van der Waals surface area contributed by atoms with Gasteiger partial charge in [-0.1, -0.05) is 23.7 Å². The Hall–Kier alpha value is -2.62. The Bertz CT molecular complexity index is 935. The molecular weight excluding hydrogens is 336 g/mol. The van der Waals surface area contributed by atoms with E-state index in [4.69, 9.17) is 11.6 Å². The molecule has 0 saturated carbocycles. The van der Waals surface area contributed by atoms with E-state index in [0.717, 1.165) is 37.2 Å². The highest BCUT2D eigenvalue weighted by Crippen LogP contribution is 2.24. The van der Waals surface area contributed by atoms with Crippen LogP contribution in [-0.2, 0) is 0 Å². The van der Waals surface area contributed by atoms with Crippen LogP contribution in [-0.4, -0.2) is 33.5 Å². The predicted molar refractivity (Wildman–Crippen MR) is 97.7 cm³/mol. The Morgan fingerprint density at radius 2 is 2.16 bits per heavy atom. The van der Waals surface area contributed by atoms with E-state index in [9.17, 15) is 5.26 Å². The Morgan fingerprint density at radius 1 is 1.32 bits per heavy atom. The lowest BCUT2D eigenvalue weighted by molar-refractivity contribution is 0.477. The van der Waals surface area contributed by atoms with Crippen molar-refractivity contribution in [2.75, 3.05) is 18.4 Å². The van der Waals surface area contributed by atoms with Crippen LogP contribution in [0, 0.1) is 11.3 Å². The normalized spacial score (nSPS) is 17.4. The van der Waals surface area contributed by atoms with E-state index in [0.29, 0.717) is 28.2 Å². The highest BCUT2D eigenvalue weighted by Gasteiger charge is 2.17. The maximum Gasteiger partial charge on any atom is 0.208 e. The summed E-state index contributed by atoms with van der Waals surface area (Å²) in [6.45, 7) is 1.96. The molecule has 7 heteroatoms. The molecule has 6 nitrogen and oxygen atoms in total. The van der Waals surface area contributed by atoms with Gasteiger partial charge in [-0.2, -0.15) is 5.26 Å². The first-order chi connectivity index (χ1) is 12.2. The first kappa shape index (κ1) is 15.9. The molecule has 0 radical (unpaired) electrons. The fraction of sp³-hybridized carbons (Fsp3) is 0.278. The summed E-state index contributed by atoms with van der Waals surface area (Å²) in [5, 5.41) is 16.9. The van der Waals surface area contributed by atoms with E-state index >= 15 is 0 Å². The van der Waals surface area contributed by atoms with E-state index in [1.165, 1.54) is 0 Å². The van der Waals surface area contributed by atoms with Crippen molar-refractivity contribution in [3.63, 3.8) is 0 Å². The molecule has 4 rings (SSSR count). The molecule has 0 amide bonds. The summed E-state index contributed by atoms with van der Waals surface area (Å²) >= 11 is 5.96. The molecule has 2 aromatic heterocycles. The van der Waals surface area contributed by atoms with Gasteiger partial charge in [0.05, 0.1) is 11.9 Å². The number of piperidine rings is 1. The molecule has 1 unspecified atom stereocenters. The number of nitriles is 1. The quantitative estimate of drug-likeness (QED) is 0.757. The Balaban J connectivity index is 1.76. The van der Waals surface area contributed by atoms with Gasteiger partial charge in [0.15, 0.2) is 5.65 Å². The van der Waals surface area contributed by atoms with Crippen molar-refractivity contribution in [1.82, 2.24) is 19.7 Å². The van der Waals surface area contributed by atoms with Crippen molar-refractivity contribution in [1.29, 1.82) is 5.26 Å². The molecule has 0 aliphatic carbocycles. The lowest BCUT2D eigenvalue weighted by Crippen LogP contribution is -2.39. The summed E-state index contributed by atoms with van der Waals surface area (Å²) in [6, 6.07) is 9.98. The third kappa shape index (κ3) is 3.16. The monoisotopic (exact) mass is 352 g/mol. The van der Waals surface area contributed by atoms with Gasteiger partial charge in [0.25, 0.3) is 0 Å². The molecule has 1 fully saturated rings. The zero-order valence-corrected chi connectivity index (χ0v) is 14.3. The van der Waals surface area contributed by atoms with Gasteiger partial charge in [-0.25, -0.2) is 9.97 Å². The van der Waals surface area contributed by atoms with Gasteiger partial charge < -0.3 is 10.6 Å². The minimum absolute atomic E-state index is 0.318. The van der Waals surface area contributed by atoms with Crippen LogP contribution in [0.15, 0.2) is 36.7 Å². The minimum atomic E-state index is 0.318. The lowest BCUT2D eigenvalue weighted by Gasteiger charge is -2.24. The molecule has 1 saturated heterocycles. The van der Waals surface area contributed by atoms with E-state index in [-0.39, 0.29) is 0 Å². The average Bonchev–Trinajstić information content (AvgIpc) is 3.09. The van der Waals surface area contributed by atoms with Crippen molar-refractivity contribution in [2.24, 2.45) is 0 Å². The Morgan fingerprint density at radius 3 is 2.88 bits per heavy atom. The second kappa shape index (κ2) is 6.71. The maximum atomic E-state index is 9.37. The van der Waals surface area contributed by atoms with Crippen LogP contribution in [0.3, 0.4) is 0 Å². The smallest absolute Gasteiger partial charge is 0.208 e. The standard InChI is InChI=1S/C18H17ClN6/c19-14-5-3-12(4-6-14)16-11-25-17(24-16)13(8-20)9-22-18(25)23-15-2-1-7-21-10-15/h3-6,9,11,15,21H,1-2,7,10H2,(H,22,23). The molecule has 3 aromatic rings. The molecule has 0 spiro atoms. The van der Waals surface area contributed by atoms with Gasteiger partial charge in [0.1, 0.15) is 11.6 Å². The summed E-state index contributed by atoms with van der Waals surface area (Å²) in [4.78, 5) is 9.07. The zero-order chi connectivity index (χ0) is 17.2. The number of halogens is 1. The van der Waals surface area contributed by atoms with Crippen LogP contribution < -0.4 is 10.6 Å². The van der Waals surface area contributed by atoms with Crippen molar-refractivity contribution >= 4 is 23.2 Å². The van der Waals surface area contributed by atoms with Crippen LogP contribution in [0.1, 0.15) is 18.4 Å². The van der Waals surface area contributed by atoms with E-state index < -0.39 is 0 Å². The number of nitrogens with zero attached hydrogens (tertiary/aromatic N) is 4. The van der Waals surface area contributed by atoms with E-state index in [1.807, 2.05) is 34.9 Å². The second-order valence-corrected chi connectivity index (χ2v) is 6.56. The molecule has 1 aliphatic rings. The second-order valence-electron chi connectivity index (χ2n) is 6.12. The van der Waals surface area contributed by atoms with Crippen LogP contribution >= 0.6 is 11.6 Å². The number of imidazole rings is 1. The SMILES string of the molecule is N#Cc1cnc(NC2CCCNC2)n2cc(-c3ccc(Cl)cc3)nc12. The molecule has 0 bridgehead atoms. The molecule has 1 atom stereocenters. The summed E-state index contributed by atoms with van der Waals surface area (Å²) in [7, 11) is 0. The minimum Gasteiger partial charge on any atom is -0.351 e. The van der Waals surface area contributed by atoms with Crippen LogP contribution in [0.2, 0.25) is 5.02 Å². The number of nitrogens with one attached hydrogen (secondary N) is 2. The number of hydrogen-bond acceptors (Lipinski definition) is 5. The summed E-state index contributed by atoms with van der Waals surface area (Å²) in [5.74, 6) is 0.704. The van der Waals surface area contributed by atoms with E-state index in [1.54, 1.807) is 6.20 Å². The fourth-order valence-electron chi connectivity index (χ4n) is 3.08. The molecular formula is C18H17ClN6. The number of hydrogen-bond donors (Lipinski definition) is 2. The third-order valence-corrected chi connectivity index (χ3v) is 4.63. The van der Waals surface area contributed by atoms with E-state index in [2.05, 4.69) is 26.7 Å².